The highest BCUT2D eigenvalue weighted by atomic mass is 16.1. The molecule has 1 heterocycles. The number of hydrogen-bond acceptors (Lipinski definition) is 2. The molecular formula is C18H28N2O. The predicted molar refractivity (Wildman–Crippen MR) is 87.2 cm³/mol. The average Bonchev–Trinajstić information content (AvgIpc) is 2.50. The Hall–Kier alpha value is -1.35. The van der Waals surface area contributed by atoms with Gasteiger partial charge in [0.2, 0.25) is 5.91 Å². The maximum absolute atomic E-state index is 11.9. The summed E-state index contributed by atoms with van der Waals surface area (Å²) in [5.41, 5.74) is 2.59. The molecule has 1 aliphatic heterocycles. The number of nitrogens with one attached hydrogen (secondary N) is 1. The third kappa shape index (κ3) is 4.57. The van der Waals surface area contributed by atoms with Gasteiger partial charge in [-0.3, -0.25) is 9.69 Å². The van der Waals surface area contributed by atoms with E-state index in [1.807, 2.05) is 13.8 Å². The molecule has 0 saturated carbocycles. The van der Waals surface area contributed by atoms with E-state index < -0.39 is 0 Å². The van der Waals surface area contributed by atoms with E-state index in [1.54, 1.807) is 0 Å². The molecule has 1 unspecified atom stereocenters. The number of piperidine rings is 1. The first-order chi connectivity index (χ1) is 10.1. The molecule has 3 nitrogen and oxygen atoms in total. The first kappa shape index (κ1) is 16.0. The van der Waals surface area contributed by atoms with Crippen molar-refractivity contribution in [2.75, 3.05) is 19.6 Å². The zero-order chi connectivity index (χ0) is 15.2. The Kier molecular flexibility index (Phi) is 5.80. The predicted octanol–water partition coefficient (Wildman–Crippen LogP) is 3.29. The molecule has 116 valence electrons. The van der Waals surface area contributed by atoms with Crippen LogP contribution >= 0.6 is 0 Å². The van der Waals surface area contributed by atoms with Gasteiger partial charge in [0.25, 0.3) is 0 Å². The Labute approximate surface area is 128 Å². The van der Waals surface area contributed by atoms with Crippen molar-refractivity contribution in [2.24, 2.45) is 5.92 Å². The van der Waals surface area contributed by atoms with Crippen LogP contribution in [0.2, 0.25) is 0 Å². The molecule has 1 aliphatic rings. The van der Waals surface area contributed by atoms with Gasteiger partial charge in [-0.2, -0.15) is 0 Å². The van der Waals surface area contributed by atoms with Crippen molar-refractivity contribution >= 4 is 5.91 Å². The molecule has 1 N–H and O–H groups in total. The lowest BCUT2D eigenvalue weighted by Crippen LogP contribution is -2.41. The number of likely N-dealkylation sites (tertiary alicyclic amines) is 1. The van der Waals surface area contributed by atoms with E-state index >= 15 is 0 Å². The fourth-order valence-corrected chi connectivity index (χ4v) is 2.88. The SMILES string of the molecule is Cc1ccc(C(CNC(=O)C(C)C)N2CCCCC2)cc1. The van der Waals surface area contributed by atoms with Gasteiger partial charge in [-0.25, -0.2) is 0 Å². The lowest BCUT2D eigenvalue weighted by atomic mass is 10.0. The third-order valence-corrected chi connectivity index (χ3v) is 4.29. The Morgan fingerprint density at radius 2 is 1.76 bits per heavy atom. The standard InChI is InChI=1S/C18H28N2O/c1-14(2)18(21)19-13-17(20-11-5-4-6-12-20)16-9-7-15(3)8-10-16/h7-10,14,17H,4-6,11-13H2,1-3H3,(H,19,21). The van der Waals surface area contributed by atoms with Gasteiger partial charge >= 0.3 is 0 Å². The Balaban J connectivity index is 2.09. The quantitative estimate of drug-likeness (QED) is 0.901. The summed E-state index contributed by atoms with van der Waals surface area (Å²) in [6.45, 7) is 8.97. The van der Waals surface area contributed by atoms with Crippen LogP contribution in [-0.4, -0.2) is 30.4 Å². The van der Waals surface area contributed by atoms with E-state index in [-0.39, 0.29) is 11.8 Å². The second-order valence-electron chi connectivity index (χ2n) is 6.42. The van der Waals surface area contributed by atoms with E-state index in [2.05, 4.69) is 41.4 Å². The molecule has 0 aliphatic carbocycles. The highest BCUT2D eigenvalue weighted by Crippen LogP contribution is 2.24. The third-order valence-electron chi connectivity index (χ3n) is 4.29. The van der Waals surface area contributed by atoms with Gasteiger partial charge in [-0.15, -0.1) is 0 Å². The Morgan fingerprint density at radius 3 is 2.33 bits per heavy atom. The lowest BCUT2D eigenvalue weighted by molar-refractivity contribution is -0.124. The Bertz CT molecular complexity index is 447. The van der Waals surface area contributed by atoms with Gasteiger partial charge in [-0.05, 0) is 38.4 Å². The second-order valence-corrected chi connectivity index (χ2v) is 6.42. The van der Waals surface area contributed by atoms with Crippen LogP contribution in [0, 0.1) is 12.8 Å². The van der Waals surface area contributed by atoms with Crippen molar-refractivity contribution in [1.82, 2.24) is 10.2 Å². The molecule has 1 saturated heterocycles. The molecule has 0 bridgehead atoms. The topological polar surface area (TPSA) is 32.3 Å². The van der Waals surface area contributed by atoms with E-state index in [1.165, 1.54) is 30.4 Å². The number of hydrogen-bond donors (Lipinski definition) is 1. The van der Waals surface area contributed by atoms with Gasteiger partial charge in [0.1, 0.15) is 0 Å². The fraction of sp³-hybridized carbons (Fsp3) is 0.611. The van der Waals surface area contributed by atoms with Crippen molar-refractivity contribution in [1.29, 1.82) is 0 Å². The highest BCUT2D eigenvalue weighted by Gasteiger charge is 2.23. The molecule has 1 atom stereocenters. The van der Waals surface area contributed by atoms with Crippen LogP contribution in [0.1, 0.15) is 50.3 Å². The van der Waals surface area contributed by atoms with Crippen LogP contribution in [0.25, 0.3) is 0 Å². The number of aryl methyl sites for hydroxylation is 1. The molecule has 3 heteroatoms. The van der Waals surface area contributed by atoms with Gasteiger partial charge in [0, 0.05) is 12.5 Å². The van der Waals surface area contributed by atoms with Crippen LogP contribution in [0.5, 0.6) is 0 Å². The molecule has 1 aromatic rings. The van der Waals surface area contributed by atoms with Crippen LogP contribution in [-0.2, 0) is 4.79 Å². The minimum absolute atomic E-state index is 0.0463. The van der Waals surface area contributed by atoms with E-state index in [0.717, 1.165) is 13.1 Å². The van der Waals surface area contributed by atoms with E-state index in [4.69, 9.17) is 0 Å². The summed E-state index contributed by atoms with van der Waals surface area (Å²) in [5.74, 6) is 0.189. The summed E-state index contributed by atoms with van der Waals surface area (Å²) < 4.78 is 0. The number of carbonyl (C=O) groups is 1. The first-order valence-electron chi connectivity index (χ1n) is 8.16. The molecule has 1 aromatic carbocycles. The van der Waals surface area contributed by atoms with Crippen molar-refractivity contribution in [3.8, 4) is 0 Å². The van der Waals surface area contributed by atoms with Gasteiger partial charge < -0.3 is 5.32 Å². The van der Waals surface area contributed by atoms with Gasteiger partial charge in [-0.1, -0.05) is 50.1 Å². The summed E-state index contributed by atoms with van der Waals surface area (Å²) >= 11 is 0. The van der Waals surface area contributed by atoms with E-state index in [9.17, 15) is 4.79 Å². The average molecular weight is 288 g/mol. The van der Waals surface area contributed by atoms with Gasteiger partial charge in [0.05, 0.1) is 6.04 Å². The molecule has 1 fully saturated rings. The smallest absolute Gasteiger partial charge is 0.222 e. The molecule has 1 amide bonds. The molecule has 0 spiro atoms. The van der Waals surface area contributed by atoms with Crippen LogP contribution in [0.15, 0.2) is 24.3 Å². The molecule has 21 heavy (non-hydrogen) atoms. The number of benzene rings is 1. The number of rotatable bonds is 5. The first-order valence-corrected chi connectivity index (χ1v) is 8.16. The zero-order valence-corrected chi connectivity index (χ0v) is 13.6. The number of amides is 1. The summed E-state index contributed by atoms with van der Waals surface area (Å²) in [6.07, 6.45) is 3.86. The Morgan fingerprint density at radius 1 is 1.14 bits per heavy atom. The molecular weight excluding hydrogens is 260 g/mol. The van der Waals surface area contributed by atoms with Crippen molar-refractivity contribution in [3.63, 3.8) is 0 Å². The normalized spacial score (nSPS) is 17.7. The number of nitrogens with zero attached hydrogens (tertiary/aromatic N) is 1. The maximum atomic E-state index is 11.9. The minimum atomic E-state index is 0.0463. The zero-order valence-electron chi connectivity index (χ0n) is 13.6. The van der Waals surface area contributed by atoms with Crippen molar-refractivity contribution in [2.45, 2.75) is 46.1 Å². The van der Waals surface area contributed by atoms with Gasteiger partial charge in [0.15, 0.2) is 0 Å². The van der Waals surface area contributed by atoms with Crippen LogP contribution in [0.4, 0.5) is 0 Å². The summed E-state index contributed by atoms with van der Waals surface area (Å²) in [5, 5.41) is 3.11. The van der Waals surface area contributed by atoms with Crippen molar-refractivity contribution < 1.29 is 4.79 Å². The highest BCUT2D eigenvalue weighted by molar-refractivity contribution is 5.77. The maximum Gasteiger partial charge on any atom is 0.222 e. The molecule has 2 rings (SSSR count). The van der Waals surface area contributed by atoms with Crippen LogP contribution < -0.4 is 5.32 Å². The molecule has 0 aromatic heterocycles. The number of carbonyl (C=O) groups excluding carboxylic acids is 1. The fourth-order valence-electron chi connectivity index (χ4n) is 2.88. The summed E-state index contributed by atoms with van der Waals surface area (Å²) in [6, 6.07) is 9.04. The summed E-state index contributed by atoms with van der Waals surface area (Å²) in [7, 11) is 0. The second kappa shape index (κ2) is 7.60. The molecule has 0 radical (unpaired) electrons. The monoisotopic (exact) mass is 288 g/mol. The minimum Gasteiger partial charge on any atom is -0.354 e. The van der Waals surface area contributed by atoms with E-state index in [0.29, 0.717) is 12.6 Å². The largest absolute Gasteiger partial charge is 0.354 e. The van der Waals surface area contributed by atoms with Crippen LogP contribution in [0.3, 0.4) is 0 Å². The lowest BCUT2D eigenvalue weighted by Gasteiger charge is -2.35. The van der Waals surface area contributed by atoms with Crippen molar-refractivity contribution in [3.05, 3.63) is 35.4 Å². The summed E-state index contributed by atoms with van der Waals surface area (Å²) in [4.78, 5) is 14.4.